The zero-order valence-corrected chi connectivity index (χ0v) is 13.1. The Bertz CT molecular complexity index is 720. The molecule has 0 saturated carbocycles. The normalized spacial score (nSPS) is 12.1. The maximum atomic E-state index is 12.6. The van der Waals surface area contributed by atoms with Crippen LogP contribution in [0, 0.1) is 5.92 Å². The number of ketones is 1. The summed E-state index contributed by atoms with van der Waals surface area (Å²) in [5.74, 6) is -2.41. The van der Waals surface area contributed by atoms with Gasteiger partial charge in [-0.1, -0.05) is 11.6 Å². The average Bonchev–Trinajstić information content (AvgIpc) is 2.56. The van der Waals surface area contributed by atoms with Crippen molar-refractivity contribution < 1.29 is 14.3 Å². The zero-order valence-electron chi connectivity index (χ0n) is 12.3. The number of hydrogen-bond acceptors (Lipinski definition) is 6. The van der Waals surface area contributed by atoms with E-state index in [1.807, 2.05) is 0 Å². The third-order valence-corrected chi connectivity index (χ3v) is 3.17. The zero-order chi connectivity index (χ0) is 16.7. The van der Waals surface area contributed by atoms with Crippen LogP contribution in [0.2, 0.25) is 5.15 Å². The molecule has 0 radical (unpaired) electrons. The van der Waals surface area contributed by atoms with Gasteiger partial charge >= 0.3 is 5.97 Å². The lowest BCUT2D eigenvalue weighted by Crippen LogP contribution is -2.28. The number of aromatic nitrogens is 2. The molecule has 2 rings (SSSR count). The van der Waals surface area contributed by atoms with Gasteiger partial charge in [0.2, 0.25) is 0 Å². The molecular weight excluding hydrogens is 318 g/mol. The van der Waals surface area contributed by atoms with Gasteiger partial charge in [-0.05, 0) is 31.2 Å². The minimum absolute atomic E-state index is 0.0292. The molecule has 0 bridgehead atoms. The first-order chi connectivity index (χ1) is 11.1. The van der Waals surface area contributed by atoms with E-state index in [4.69, 9.17) is 16.3 Å². The fourth-order valence-corrected chi connectivity index (χ4v) is 2.01. The van der Waals surface area contributed by atoms with Gasteiger partial charge in [0.05, 0.1) is 24.1 Å². The van der Waals surface area contributed by atoms with Gasteiger partial charge < -0.3 is 4.74 Å². The molecular formula is C16H14ClN3O3. The average molecular weight is 332 g/mol. The Labute approximate surface area is 138 Å². The monoisotopic (exact) mass is 331 g/mol. The molecule has 0 aliphatic rings. The number of aliphatic imine (C=N–C) groups is 1. The predicted octanol–water partition coefficient (Wildman–Crippen LogP) is 2.89. The second kappa shape index (κ2) is 8.14. The van der Waals surface area contributed by atoms with Gasteiger partial charge in [-0.3, -0.25) is 19.6 Å². The summed E-state index contributed by atoms with van der Waals surface area (Å²) in [7, 11) is 0. The van der Waals surface area contributed by atoms with Crippen LogP contribution in [-0.4, -0.2) is 34.5 Å². The van der Waals surface area contributed by atoms with Crippen LogP contribution in [0.5, 0.6) is 0 Å². The van der Waals surface area contributed by atoms with E-state index in [-0.39, 0.29) is 17.3 Å². The smallest absolute Gasteiger partial charge is 0.322 e. The number of nitrogens with zero attached hydrogens (tertiary/aromatic N) is 3. The summed E-state index contributed by atoms with van der Waals surface area (Å²) in [4.78, 5) is 36.5. The largest absolute Gasteiger partial charge is 0.465 e. The van der Waals surface area contributed by atoms with Crippen molar-refractivity contribution in [3.05, 3.63) is 53.6 Å². The number of carbonyl (C=O) groups excluding carboxylic acids is 2. The molecule has 2 aromatic rings. The van der Waals surface area contributed by atoms with E-state index in [0.29, 0.717) is 5.69 Å². The van der Waals surface area contributed by atoms with Gasteiger partial charge in [-0.25, -0.2) is 4.98 Å². The fourth-order valence-electron chi connectivity index (χ4n) is 1.80. The number of carbonyl (C=O) groups is 2. The van der Waals surface area contributed by atoms with Crippen molar-refractivity contribution in [2.45, 2.75) is 6.92 Å². The quantitative estimate of drug-likeness (QED) is 0.267. The summed E-state index contributed by atoms with van der Waals surface area (Å²) in [6.07, 6.45) is 5.81. The van der Waals surface area contributed by atoms with Gasteiger partial charge in [-0.15, -0.1) is 0 Å². The molecule has 7 heteroatoms. The third-order valence-electron chi connectivity index (χ3n) is 2.87. The van der Waals surface area contributed by atoms with Gasteiger partial charge in [0, 0.05) is 18.6 Å². The van der Waals surface area contributed by atoms with E-state index in [9.17, 15) is 9.59 Å². The highest BCUT2D eigenvalue weighted by Crippen LogP contribution is 2.18. The van der Waals surface area contributed by atoms with Crippen molar-refractivity contribution in [2.75, 3.05) is 6.61 Å². The van der Waals surface area contributed by atoms with Crippen LogP contribution in [0.3, 0.4) is 0 Å². The van der Waals surface area contributed by atoms with E-state index in [1.54, 1.807) is 31.3 Å². The third kappa shape index (κ3) is 4.43. The number of esters is 1. The van der Waals surface area contributed by atoms with Crippen LogP contribution in [0.4, 0.5) is 5.69 Å². The molecule has 0 amide bonds. The standard InChI is InChI=1S/C16H14ClN3O3/c1-2-23-16(22)13(10-20-11-5-3-7-18-9-11)14(21)12-6-4-8-19-15(12)17/h3-10,13H,2H2,1H3. The Balaban J connectivity index is 2.31. The van der Waals surface area contributed by atoms with Crippen molar-refractivity contribution in [2.24, 2.45) is 10.9 Å². The number of rotatable bonds is 6. The van der Waals surface area contributed by atoms with E-state index in [1.165, 1.54) is 24.7 Å². The molecule has 0 saturated heterocycles. The maximum Gasteiger partial charge on any atom is 0.322 e. The molecule has 0 aromatic carbocycles. The SMILES string of the molecule is CCOC(=O)C(C=Nc1cccnc1)C(=O)c1cccnc1Cl. The molecule has 0 spiro atoms. The Kier molecular flexibility index (Phi) is 5.94. The lowest BCUT2D eigenvalue weighted by molar-refractivity contribution is -0.143. The second-order valence-corrected chi connectivity index (χ2v) is 4.78. The van der Waals surface area contributed by atoms with Crippen LogP contribution < -0.4 is 0 Å². The van der Waals surface area contributed by atoms with Gasteiger partial charge in [0.25, 0.3) is 0 Å². The Morgan fingerprint density at radius 3 is 2.78 bits per heavy atom. The minimum atomic E-state index is -1.20. The second-order valence-electron chi connectivity index (χ2n) is 4.43. The summed E-state index contributed by atoms with van der Waals surface area (Å²) in [6, 6.07) is 6.47. The molecule has 0 fully saturated rings. The highest BCUT2D eigenvalue weighted by atomic mass is 35.5. The summed E-state index contributed by atoms with van der Waals surface area (Å²) in [5, 5.41) is 0.0292. The van der Waals surface area contributed by atoms with Gasteiger partial charge in [0.1, 0.15) is 5.15 Å². The maximum absolute atomic E-state index is 12.6. The molecule has 0 aliphatic carbocycles. The lowest BCUT2D eigenvalue weighted by atomic mass is 10.00. The van der Waals surface area contributed by atoms with Crippen molar-refractivity contribution in [3.63, 3.8) is 0 Å². The van der Waals surface area contributed by atoms with Crippen molar-refractivity contribution >= 4 is 35.3 Å². The highest BCUT2D eigenvalue weighted by Gasteiger charge is 2.29. The topological polar surface area (TPSA) is 81.5 Å². The van der Waals surface area contributed by atoms with E-state index < -0.39 is 17.7 Å². The molecule has 2 aromatic heterocycles. The van der Waals surface area contributed by atoms with E-state index in [2.05, 4.69) is 15.0 Å². The summed E-state index contributed by atoms with van der Waals surface area (Å²) >= 11 is 5.92. The highest BCUT2D eigenvalue weighted by molar-refractivity contribution is 6.34. The lowest BCUT2D eigenvalue weighted by Gasteiger charge is -2.11. The van der Waals surface area contributed by atoms with Crippen LogP contribution in [0.25, 0.3) is 0 Å². The first-order valence-corrected chi connectivity index (χ1v) is 7.27. The number of halogens is 1. The molecule has 1 unspecified atom stereocenters. The van der Waals surface area contributed by atoms with Crippen molar-refractivity contribution in [3.8, 4) is 0 Å². The Hall–Kier alpha value is -2.60. The number of pyridine rings is 2. The van der Waals surface area contributed by atoms with Crippen LogP contribution in [-0.2, 0) is 9.53 Å². The first kappa shape index (κ1) is 16.8. The number of ether oxygens (including phenoxy) is 1. The minimum Gasteiger partial charge on any atom is -0.465 e. The van der Waals surface area contributed by atoms with Crippen LogP contribution in [0.1, 0.15) is 17.3 Å². The Morgan fingerprint density at radius 1 is 1.35 bits per heavy atom. The van der Waals surface area contributed by atoms with Gasteiger partial charge in [-0.2, -0.15) is 0 Å². The van der Waals surface area contributed by atoms with Crippen molar-refractivity contribution in [1.82, 2.24) is 9.97 Å². The molecule has 1 atom stereocenters. The van der Waals surface area contributed by atoms with E-state index >= 15 is 0 Å². The molecule has 6 nitrogen and oxygen atoms in total. The predicted molar refractivity (Wildman–Crippen MR) is 86.1 cm³/mol. The van der Waals surface area contributed by atoms with E-state index in [0.717, 1.165) is 0 Å². The molecule has 2 heterocycles. The fraction of sp³-hybridized carbons (Fsp3) is 0.188. The summed E-state index contributed by atoms with van der Waals surface area (Å²) in [6.45, 7) is 1.82. The molecule has 0 N–H and O–H groups in total. The number of hydrogen-bond donors (Lipinski definition) is 0. The summed E-state index contributed by atoms with van der Waals surface area (Å²) in [5.41, 5.74) is 0.664. The van der Waals surface area contributed by atoms with Gasteiger partial charge in [0.15, 0.2) is 11.7 Å². The van der Waals surface area contributed by atoms with Crippen molar-refractivity contribution in [1.29, 1.82) is 0 Å². The molecule has 0 aliphatic heterocycles. The Morgan fingerprint density at radius 2 is 2.13 bits per heavy atom. The van der Waals surface area contributed by atoms with Crippen LogP contribution in [0.15, 0.2) is 47.8 Å². The molecule has 23 heavy (non-hydrogen) atoms. The summed E-state index contributed by atoms with van der Waals surface area (Å²) < 4.78 is 4.94. The first-order valence-electron chi connectivity index (χ1n) is 6.89. The molecule has 118 valence electrons. The van der Waals surface area contributed by atoms with Crippen LogP contribution >= 0.6 is 11.6 Å². The number of Topliss-reactive ketones (excluding diaryl/α,β-unsaturated/α-hetero) is 1.